The Morgan fingerprint density at radius 3 is 1.88 bits per heavy atom. The molecular weight excluding hydrogens is 100 g/mol. The van der Waals surface area contributed by atoms with Gasteiger partial charge >= 0.3 is 0 Å². The molecule has 0 aromatic rings. The van der Waals surface area contributed by atoms with Crippen LogP contribution in [0.1, 0.15) is 12.8 Å². The molecule has 0 aliphatic heterocycles. The highest BCUT2D eigenvalue weighted by atomic mass is 16.1. The minimum atomic E-state index is -0.0602. The third kappa shape index (κ3) is 3.00. The standard InChI is InChI=1S/C7H6O/c1-3-5-7(8)6-4-2/h1-2H,5-6H2. The van der Waals surface area contributed by atoms with Crippen LogP contribution in [0.15, 0.2) is 0 Å². The normalized spacial score (nSPS) is 6.75. The Kier molecular flexibility index (Phi) is 3.36. The zero-order valence-corrected chi connectivity index (χ0v) is 4.48. The van der Waals surface area contributed by atoms with E-state index >= 15 is 0 Å². The summed E-state index contributed by atoms with van der Waals surface area (Å²) in [5, 5.41) is 0. The zero-order chi connectivity index (χ0) is 6.41. The molecule has 1 heteroatoms. The summed E-state index contributed by atoms with van der Waals surface area (Å²) in [7, 11) is 0. The second kappa shape index (κ2) is 3.96. The Morgan fingerprint density at radius 1 is 1.25 bits per heavy atom. The van der Waals surface area contributed by atoms with Gasteiger partial charge in [0, 0.05) is 0 Å². The van der Waals surface area contributed by atoms with Gasteiger partial charge in [-0.15, -0.1) is 12.8 Å². The second-order valence-corrected chi connectivity index (χ2v) is 1.30. The third-order valence-electron chi connectivity index (χ3n) is 0.598. The van der Waals surface area contributed by atoms with Gasteiger partial charge in [-0.25, -0.2) is 0 Å². The van der Waals surface area contributed by atoms with Crippen LogP contribution < -0.4 is 0 Å². The van der Waals surface area contributed by atoms with Crippen molar-refractivity contribution < 1.29 is 4.79 Å². The molecule has 0 unspecified atom stereocenters. The molecule has 40 valence electrons. The third-order valence-corrected chi connectivity index (χ3v) is 0.598. The number of carbonyl (C=O) groups excluding carboxylic acids is 1. The Morgan fingerprint density at radius 2 is 1.62 bits per heavy atom. The van der Waals surface area contributed by atoms with Gasteiger partial charge in [0.2, 0.25) is 0 Å². The van der Waals surface area contributed by atoms with Crippen molar-refractivity contribution in [3.8, 4) is 24.7 Å². The molecule has 1 nitrogen and oxygen atoms in total. The molecule has 0 aliphatic carbocycles. The van der Waals surface area contributed by atoms with Gasteiger partial charge in [0.05, 0.1) is 12.8 Å². The first-order chi connectivity index (χ1) is 3.81. The number of hydrogen-bond donors (Lipinski definition) is 0. The van der Waals surface area contributed by atoms with Gasteiger partial charge in [-0.05, 0) is 0 Å². The Bertz CT molecular complexity index is 136. The number of Topliss-reactive ketones (excluding diaryl/α,β-unsaturated/α-hetero) is 1. The number of terminal acetylenes is 2. The van der Waals surface area contributed by atoms with Crippen molar-refractivity contribution in [2.24, 2.45) is 0 Å². The highest BCUT2D eigenvalue weighted by Gasteiger charge is 1.92. The van der Waals surface area contributed by atoms with E-state index in [1.54, 1.807) is 0 Å². The van der Waals surface area contributed by atoms with E-state index in [9.17, 15) is 4.79 Å². The van der Waals surface area contributed by atoms with E-state index in [4.69, 9.17) is 12.8 Å². The smallest absolute Gasteiger partial charge is 0.156 e. The lowest BCUT2D eigenvalue weighted by atomic mass is 10.2. The average Bonchev–Trinajstić information content (AvgIpc) is 1.68. The molecule has 0 fully saturated rings. The topological polar surface area (TPSA) is 17.1 Å². The largest absolute Gasteiger partial charge is 0.298 e. The van der Waals surface area contributed by atoms with E-state index in [1.165, 1.54) is 0 Å². The van der Waals surface area contributed by atoms with Gasteiger partial charge in [-0.1, -0.05) is 11.8 Å². The molecule has 0 radical (unpaired) electrons. The fraction of sp³-hybridized carbons (Fsp3) is 0.286. The fourth-order valence-electron chi connectivity index (χ4n) is 0.290. The second-order valence-electron chi connectivity index (χ2n) is 1.30. The molecule has 0 spiro atoms. The van der Waals surface area contributed by atoms with E-state index in [-0.39, 0.29) is 18.6 Å². The van der Waals surface area contributed by atoms with Crippen LogP contribution in [-0.2, 0) is 4.79 Å². The molecule has 0 saturated heterocycles. The van der Waals surface area contributed by atoms with Crippen molar-refractivity contribution in [2.75, 3.05) is 0 Å². The first kappa shape index (κ1) is 6.79. The summed E-state index contributed by atoms with van der Waals surface area (Å²) in [5.74, 6) is 4.35. The number of hydrogen-bond acceptors (Lipinski definition) is 1. The number of ketones is 1. The van der Waals surface area contributed by atoms with Crippen LogP contribution in [0, 0.1) is 24.7 Å². The summed E-state index contributed by atoms with van der Waals surface area (Å²) >= 11 is 0. The quantitative estimate of drug-likeness (QED) is 0.471. The summed E-state index contributed by atoms with van der Waals surface area (Å²) in [6.07, 6.45) is 9.95. The van der Waals surface area contributed by atoms with Crippen molar-refractivity contribution in [3.05, 3.63) is 0 Å². The first-order valence-corrected chi connectivity index (χ1v) is 2.20. The van der Waals surface area contributed by atoms with Crippen molar-refractivity contribution >= 4 is 5.78 Å². The van der Waals surface area contributed by atoms with Crippen LogP contribution >= 0.6 is 0 Å². The van der Waals surface area contributed by atoms with Gasteiger partial charge in [-0.2, -0.15) is 0 Å². The zero-order valence-electron chi connectivity index (χ0n) is 4.48. The van der Waals surface area contributed by atoms with Gasteiger partial charge in [0.1, 0.15) is 0 Å². The van der Waals surface area contributed by atoms with Crippen LogP contribution in [0.5, 0.6) is 0 Å². The molecule has 0 amide bonds. The molecule has 0 heterocycles. The molecule has 8 heavy (non-hydrogen) atoms. The highest BCUT2D eigenvalue weighted by molar-refractivity contribution is 5.82. The fourth-order valence-corrected chi connectivity index (χ4v) is 0.290. The van der Waals surface area contributed by atoms with Crippen molar-refractivity contribution in [2.45, 2.75) is 12.8 Å². The molecule has 0 rings (SSSR count). The predicted molar refractivity (Wildman–Crippen MR) is 31.9 cm³/mol. The molecule has 0 aromatic carbocycles. The maximum atomic E-state index is 10.4. The monoisotopic (exact) mass is 106 g/mol. The average molecular weight is 106 g/mol. The SMILES string of the molecule is C#CCC(=O)CC#C. The summed E-state index contributed by atoms with van der Waals surface area (Å²) < 4.78 is 0. The predicted octanol–water partition coefficient (Wildman–Crippen LogP) is 0.602. The Hall–Kier alpha value is -1.21. The van der Waals surface area contributed by atoms with Gasteiger partial charge in [0.25, 0.3) is 0 Å². The van der Waals surface area contributed by atoms with Gasteiger partial charge < -0.3 is 0 Å². The van der Waals surface area contributed by atoms with Crippen LogP contribution in [0.2, 0.25) is 0 Å². The minimum absolute atomic E-state index is 0.0602. The molecule has 0 N–H and O–H groups in total. The number of carbonyl (C=O) groups is 1. The summed E-state index contributed by atoms with van der Waals surface area (Å²) in [5.41, 5.74) is 0. The Labute approximate surface area is 49.1 Å². The maximum Gasteiger partial charge on any atom is 0.156 e. The summed E-state index contributed by atoms with van der Waals surface area (Å²) in [6.45, 7) is 0. The van der Waals surface area contributed by atoms with Gasteiger partial charge in [-0.3, -0.25) is 4.79 Å². The van der Waals surface area contributed by atoms with E-state index in [1.807, 2.05) is 0 Å². The van der Waals surface area contributed by atoms with Crippen LogP contribution in [0.25, 0.3) is 0 Å². The van der Waals surface area contributed by atoms with E-state index < -0.39 is 0 Å². The van der Waals surface area contributed by atoms with Gasteiger partial charge in [0.15, 0.2) is 5.78 Å². The molecule has 0 aliphatic rings. The van der Waals surface area contributed by atoms with Crippen molar-refractivity contribution in [1.82, 2.24) is 0 Å². The lowest BCUT2D eigenvalue weighted by molar-refractivity contribution is -0.117. The first-order valence-electron chi connectivity index (χ1n) is 2.20. The molecule has 0 bridgehead atoms. The molecule has 0 aromatic heterocycles. The summed E-state index contributed by atoms with van der Waals surface area (Å²) in [4.78, 5) is 10.4. The maximum absolute atomic E-state index is 10.4. The molecule has 0 saturated carbocycles. The van der Waals surface area contributed by atoms with Crippen molar-refractivity contribution in [3.63, 3.8) is 0 Å². The highest BCUT2D eigenvalue weighted by Crippen LogP contribution is 1.83. The summed E-state index contributed by atoms with van der Waals surface area (Å²) in [6, 6.07) is 0. The van der Waals surface area contributed by atoms with Crippen LogP contribution in [-0.4, -0.2) is 5.78 Å². The lowest BCUT2D eigenvalue weighted by Crippen LogP contribution is -1.91. The molecule has 0 atom stereocenters. The molecular formula is C7H6O. The van der Waals surface area contributed by atoms with Crippen LogP contribution in [0.3, 0.4) is 0 Å². The van der Waals surface area contributed by atoms with E-state index in [2.05, 4.69) is 11.8 Å². The Balaban J connectivity index is 3.41. The minimum Gasteiger partial charge on any atom is -0.298 e. The number of rotatable bonds is 2. The van der Waals surface area contributed by atoms with Crippen LogP contribution in [0.4, 0.5) is 0 Å². The lowest BCUT2D eigenvalue weighted by Gasteiger charge is -1.81. The van der Waals surface area contributed by atoms with E-state index in [0.29, 0.717) is 0 Å². The van der Waals surface area contributed by atoms with Crippen molar-refractivity contribution in [1.29, 1.82) is 0 Å². The van der Waals surface area contributed by atoms with E-state index in [0.717, 1.165) is 0 Å².